The topological polar surface area (TPSA) is 0 Å². The van der Waals surface area contributed by atoms with E-state index in [9.17, 15) is 0 Å². The van der Waals surface area contributed by atoms with E-state index in [0.717, 1.165) is 0 Å². The van der Waals surface area contributed by atoms with Gasteiger partial charge in [0.1, 0.15) is 0 Å². The van der Waals surface area contributed by atoms with Gasteiger partial charge in [-0.15, -0.1) is 16.7 Å². The molecule has 3 aromatic rings. The quantitative estimate of drug-likeness (QED) is 0.265. The van der Waals surface area contributed by atoms with Crippen molar-refractivity contribution in [1.29, 1.82) is 0 Å². The molecular weight excluding hydrogens is 546 g/mol. The van der Waals surface area contributed by atoms with Gasteiger partial charge in [-0.25, -0.2) is 12.1 Å². The van der Waals surface area contributed by atoms with Crippen LogP contribution in [0.1, 0.15) is 101 Å². The summed E-state index contributed by atoms with van der Waals surface area (Å²) in [5, 5.41) is 0. The number of benzene rings is 1. The average molecular weight is 593 g/mol. The second-order valence-corrected chi connectivity index (χ2v) is 9.03. The molecule has 0 heterocycles. The van der Waals surface area contributed by atoms with Gasteiger partial charge in [0.15, 0.2) is 0 Å². The number of rotatable bonds is 13. The van der Waals surface area contributed by atoms with Crippen LogP contribution in [0.5, 0.6) is 0 Å². The molecule has 0 radical (unpaired) electrons. The van der Waals surface area contributed by atoms with E-state index in [2.05, 4.69) is 58.0 Å². The summed E-state index contributed by atoms with van der Waals surface area (Å²) in [6.07, 6.45) is 15.5. The van der Waals surface area contributed by atoms with Crippen molar-refractivity contribution in [2.75, 3.05) is 0 Å². The summed E-state index contributed by atoms with van der Waals surface area (Å²) in [5.74, 6) is 0. The molecular formula is C32H46Cl2Zr. The molecule has 0 N–H and O–H groups in total. The zero-order valence-electron chi connectivity index (χ0n) is 22.5. The fourth-order valence-corrected chi connectivity index (χ4v) is 4.69. The molecule has 0 amide bonds. The maximum Gasteiger partial charge on any atom is 4.00 e. The largest absolute Gasteiger partial charge is 4.00 e. The van der Waals surface area contributed by atoms with E-state index < -0.39 is 0 Å². The van der Waals surface area contributed by atoms with Crippen LogP contribution in [0.2, 0.25) is 0 Å². The van der Waals surface area contributed by atoms with E-state index in [4.69, 9.17) is 0 Å². The minimum Gasteiger partial charge on any atom is -1.00 e. The Balaban J connectivity index is 0. The minimum absolute atomic E-state index is 0. The number of hydrogen-bond acceptors (Lipinski definition) is 0. The summed E-state index contributed by atoms with van der Waals surface area (Å²) in [6, 6.07) is 21.3. The van der Waals surface area contributed by atoms with Crippen molar-refractivity contribution in [2.45, 2.75) is 105 Å². The SMILES string of the molecule is CCCCc1c(CCCC)c(-c2ccccc2)[c-](CCCC)c1CCCC.[Cl-].[Cl-].[Zr+4].c1cc[cH-]c1. The van der Waals surface area contributed by atoms with Gasteiger partial charge < -0.3 is 24.8 Å². The van der Waals surface area contributed by atoms with Crippen molar-refractivity contribution in [2.24, 2.45) is 0 Å². The standard InChI is InChI=1S/C27H41.C5H5.2ClH.Zr/c1-5-9-18-23-24(19-10-6-2)26(21-12-8-4)27(25(23)20-11-7-3)22-16-14-13-15-17-22;1-2-4-5-3-1;;;/h13-17H,5-12,18-21H2,1-4H3;1-5H;2*1H;/q2*-1;;;+4/p-2. The Kier molecular flexibility index (Phi) is 23.6. The molecule has 0 aliphatic carbocycles. The number of halogens is 2. The molecule has 0 fully saturated rings. The van der Waals surface area contributed by atoms with Crippen LogP contribution in [0, 0.1) is 0 Å². The molecule has 0 bridgehead atoms. The molecule has 3 heteroatoms. The molecule has 35 heavy (non-hydrogen) atoms. The van der Waals surface area contributed by atoms with Crippen molar-refractivity contribution in [3.05, 3.63) is 82.9 Å². The summed E-state index contributed by atoms with van der Waals surface area (Å²) >= 11 is 0. The Morgan fingerprint density at radius 2 is 1.14 bits per heavy atom. The van der Waals surface area contributed by atoms with Gasteiger partial charge >= 0.3 is 26.2 Å². The van der Waals surface area contributed by atoms with Crippen LogP contribution in [0.4, 0.5) is 0 Å². The second kappa shape index (κ2) is 22.6. The van der Waals surface area contributed by atoms with Crippen LogP contribution in [-0.4, -0.2) is 0 Å². The number of unbranched alkanes of at least 4 members (excludes halogenated alkanes) is 4. The van der Waals surface area contributed by atoms with E-state index >= 15 is 0 Å². The smallest absolute Gasteiger partial charge is 1.00 e. The van der Waals surface area contributed by atoms with Crippen molar-refractivity contribution >= 4 is 0 Å². The Morgan fingerprint density at radius 1 is 0.629 bits per heavy atom. The number of hydrogen-bond donors (Lipinski definition) is 0. The third-order valence-corrected chi connectivity index (χ3v) is 6.44. The molecule has 0 atom stereocenters. The first kappa shape index (κ1) is 36.5. The maximum atomic E-state index is 2.34. The predicted molar refractivity (Wildman–Crippen MR) is 144 cm³/mol. The zero-order chi connectivity index (χ0) is 23.0. The molecule has 3 rings (SSSR count). The Hall–Kier alpha value is -0.617. The van der Waals surface area contributed by atoms with E-state index in [0.29, 0.717) is 0 Å². The van der Waals surface area contributed by atoms with Crippen LogP contribution in [-0.2, 0) is 51.9 Å². The first-order valence-electron chi connectivity index (χ1n) is 13.3. The fourth-order valence-electron chi connectivity index (χ4n) is 4.69. The third kappa shape index (κ3) is 12.0. The van der Waals surface area contributed by atoms with E-state index in [1.807, 2.05) is 30.3 Å². The molecule has 192 valence electrons. The van der Waals surface area contributed by atoms with Crippen LogP contribution >= 0.6 is 0 Å². The molecule has 0 spiro atoms. The van der Waals surface area contributed by atoms with Crippen molar-refractivity contribution in [3.8, 4) is 11.1 Å². The first-order chi connectivity index (χ1) is 15.8. The summed E-state index contributed by atoms with van der Waals surface area (Å²) in [5.41, 5.74) is 9.96. The van der Waals surface area contributed by atoms with Gasteiger partial charge in [0.2, 0.25) is 0 Å². The molecule has 3 aromatic carbocycles. The summed E-state index contributed by atoms with van der Waals surface area (Å²) in [6.45, 7) is 9.31. The Morgan fingerprint density at radius 3 is 1.63 bits per heavy atom. The average Bonchev–Trinajstić information content (AvgIpc) is 3.50. The van der Waals surface area contributed by atoms with Crippen molar-refractivity contribution < 1.29 is 51.0 Å². The molecule has 0 saturated carbocycles. The van der Waals surface area contributed by atoms with E-state index in [1.54, 1.807) is 27.8 Å². The Labute approximate surface area is 248 Å². The van der Waals surface area contributed by atoms with Crippen molar-refractivity contribution in [1.82, 2.24) is 0 Å². The molecule has 0 unspecified atom stereocenters. The molecule has 0 aromatic heterocycles. The maximum absolute atomic E-state index is 2.34. The normalized spacial score (nSPS) is 9.83. The van der Waals surface area contributed by atoms with Gasteiger partial charge in [-0.1, -0.05) is 134 Å². The van der Waals surface area contributed by atoms with Gasteiger partial charge in [-0.05, 0) is 6.42 Å². The monoisotopic (exact) mass is 590 g/mol. The van der Waals surface area contributed by atoms with Crippen LogP contribution in [0.15, 0.2) is 60.7 Å². The summed E-state index contributed by atoms with van der Waals surface area (Å²) in [4.78, 5) is 0. The van der Waals surface area contributed by atoms with Gasteiger partial charge in [0.05, 0.1) is 0 Å². The molecule has 0 aliphatic heterocycles. The molecule has 0 nitrogen and oxygen atoms in total. The van der Waals surface area contributed by atoms with E-state index in [1.165, 1.54) is 82.6 Å². The third-order valence-electron chi connectivity index (χ3n) is 6.44. The van der Waals surface area contributed by atoms with Crippen LogP contribution < -0.4 is 24.8 Å². The fraction of sp³-hybridized carbons (Fsp3) is 0.500. The molecule has 0 saturated heterocycles. The Bertz CT molecular complexity index is 780. The zero-order valence-corrected chi connectivity index (χ0v) is 26.5. The summed E-state index contributed by atoms with van der Waals surface area (Å²) < 4.78 is 0. The minimum atomic E-state index is 0. The van der Waals surface area contributed by atoms with Gasteiger partial charge in [0.25, 0.3) is 0 Å². The van der Waals surface area contributed by atoms with Gasteiger partial charge in [0, 0.05) is 0 Å². The van der Waals surface area contributed by atoms with Crippen LogP contribution in [0.25, 0.3) is 11.1 Å². The first-order valence-corrected chi connectivity index (χ1v) is 13.3. The van der Waals surface area contributed by atoms with Crippen LogP contribution in [0.3, 0.4) is 0 Å². The van der Waals surface area contributed by atoms with E-state index in [-0.39, 0.29) is 51.0 Å². The summed E-state index contributed by atoms with van der Waals surface area (Å²) in [7, 11) is 0. The predicted octanol–water partition coefficient (Wildman–Crippen LogP) is 3.85. The van der Waals surface area contributed by atoms with Crippen molar-refractivity contribution in [3.63, 3.8) is 0 Å². The molecule has 0 aliphatic rings. The van der Waals surface area contributed by atoms with Gasteiger partial charge in [-0.2, -0.15) is 29.3 Å². The van der Waals surface area contributed by atoms with Gasteiger partial charge in [-0.3, -0.25) is 0 Å². The second-order valence-electron chi connectivity index (χ2n) is 9.03.